The summed E-state index contributed by atoms with van der Waals surface area (Å²) in [5.74, 6) is 0.562. The summed E-state index contributed by atoms with van der Waals surface area (Å²) in [7, 11) is 0.193. The van der Waals surface area contributed by atoms with Crippen LogP contribution in [0.5, 0.6) is 17.2 Å². The van der Waals surface area contributed by atoms with E-state index in [-0.39, 0.29) is 34.6 Å². The normalized spacial score (nSPS) is 13.4. The van der Waals surface area contributed by atoms with Gasteiger partial charge in [-0.2, -0.15) is 0 Å². The second kappa shape index (κ2) is 10.4. The number of hydrogen-bond donors (Lipinski definition) is 0. The minimum atomic E-state index is -4.09. The first-order valence-corrected chi connectivity index (χ1v) is 13.2. The Labute approximate surface area is 203 Å². The van der Waals surface area contributed by atoms with Crippen LogP contribution < -0.4 is 14.2 Å². The summed E-state index contributed by atoms with van der Waals surface area (Å²) in [5, 5.41) is 0. The first kappa shape index (κ1) is 27.7. The molecule has 0 fully saturated rings. The fraction of sp³-hybridized carbons (Fsp3) is 0.481. The van der Waals surface area contributed by atoms with Crippen LogP contribution in [0, 0.1) is 19.8 Å². The van der Waals surface area contributed by atoms with Gasteiger partial charge in [-0.05, 0) is 41.9 Å². The third kappa shape index (κ3) is 5.38. The van der Waals surface area contributed by atoms with Crippen LogP contribution in [0.3, 0.4) is 0 Å². The summed E-state index contributed by atoms with van der Waals surface area (Å²) < 4.78 is 30.6. The van der Waals surface area contributed by atoms with Gasteiger partial charge >= 0.3 is 0 Å². The third-order valence-electron chi connectivity index (χ3n) is 5.82. The van der Waals surface area contributed by atoms with Crippen molar-refractivity contribution in [2.45, 2.75) is 53.9 Å². The zero-order valence-corrected chi connectivity index (χ0v) is 22.9. The maximum Gasteiger partial charge on any atom is 0.236 e. The SMILES string of the molecule is COc1cc(OC)c(C(=O)P(=O)(CC(C)C)C(=O)c2c(C)cc(C(C)(C)C)cc2C)c(OC)c1. The Bertz CT molecular complexity index is 1090. The largest absolute Gasteiger partial charge is 0.496 e. The van der Waals surface area contributed by atoms with Crippen molar-refractivity contribution in [3.63, 3.8) is 0 Å². The van der Waals surface area contributed by atoms with Gasteiger partial charge in [-0.1, -0.05) is 46.8 Å². The van der Waals surface area contributed by atoms with E-state index in [9.17, 15) is 14.2 Å². The van der Waals surface area contributed by atoms with Crippen molar-refractivity contribution in [2.75, 3.05) is 27.5 Å². The number of carbonyl (C=O) groups excluding carboxylic acids is 2. The summed E-state index contributed by atoms with van der Waals surface area (Å²) >= 11 is 0. The van der Waals surface area contributed by atoms with Crippen molar-refractivity contribution in [3.8, 4) is 17.2 Å². The average Bonchev–Trinajstić information content (AvgIpc) is 2.75. The van der Waals surface area contributed by atoms with Gasteiger partial charge in [0.15, 0.2) is 0 Å². The fourth-order valence-electron chi connectivity index (χ4n) is 4.08. The Morgan fingerprint density at radius 1 is 0.824 bits per heavy atom. The molecule has 2 rings (SSSR count). The maximum absolute atomic E-state index is 14.5. The van der Waals surface area contributed by atoms with Gasteiger partial charge in [0.25, 0.3) is 0 Å². The molecule has 0 aromatic heterocycles. The molecule has 0 aliphatic carbocycles. The molecule has 0 amide bonds. The van der Waals surface area contributed by atoms with Crippen molar-refractivity contribution in [1.82, 2.24) is 0 Å². The first-order valence-electron chi connectivity index (χ1n) is 11.3. The van der Waals surface area contributed by atoms with Crippen LogP contribution in [0.1, 0.15) is 72.0 Å². The van der Waals surface area contributed by atoms with Crippen molar-refractivity contribution in [2.24, 2.45) is 5.92 Å². The maximum atomic E-state index is 14.5. The molecule has 0 saturated heterocycles. The number of hydrogen-bond acceptors (Lipinski definition) is 6. The molecule has 2 aromatic rings. The van der Waals surface area contributed by atoms with Gasteiger partial charge in [-0.15, -0.1) is 0 Å². The van der Waals surface area contributed by atoms with E-state index < -0.39 is 18.2 Å². The Morgan fingerprint density at radius 2 is 1.26 bits per heavy atom. The van der Waals surface area contributed by atoms with Crippen LogP contribution in [-0.4, -0.2) is 38.5 Å². The van der Waals surface area contributed by atoms with E-state index in [1.165, 1.54) is 33.5 Å². The predicted molar refractivity (Wildman–Crippen MR) is 137 cm³/mol. The molecule has 0 saturated carbocycles. The Morgan fingerprint density at radius 3 is 1.62 bits per heavy atom. The van der Waals surface area contributed by atoms with E-state index >= 15 is 0 Å². The van der Waals surface area contributed by atoms with Crippen LogP contribution in [0.2, 0.25) is 0 Å². The fourth-order valence-corrected chi connectivity index (χ4v) is 6.92. The minimum absolute atomic E-state index is 0.00949. The van der Waals surface area contributed by atoms with Gasteiger partial charge in [0.1, 0.15) is 22.8 Å². The van der Waals surface area contributed by atoms with Gasteiger partial charge in [0.05, 0.1) is 21.3 Å². The minimum Gasteiger partial charge on any atom is -0.496 e. The van der Waals surface area contributed by atoms with Gasteiger partial charge in [-0.3, -0.25) is 9.59 Å². The monoisotopic (exact) mass is 488 g/mol. The van der Waals surface area contributed by atoms with Crippen LogP contribution in [-0.2, 0) is 9.98 Å². The highest BCUT2D eigenvalue weighted by Crippen LogP contribution is 2.56. The summed E-state index contributed by atoms with van der Waals surface area (Å²) in [4.78, 5) is 27.9. The van der Waals surface area contributed by atoms with Crippen molar-refractivity contribution in [3.05, 3.63) is 52.1 Å². The van der Waals surface area contributed by atoms with Crippen molar-refractivity contribution < 1.29 is 28.4 Å². The van der Waals surface area contributed by atoms with Gasteiger partial charge in [-0.25, -0.2) is 0 Å². The lowest BCUT2D eigenvalue weighted by molar-refractivity contribution is 0.103. The van der Waals surface area contributed by atoms with Gasteiger partial charge in [0.2, 0.25) is 18.2 Å². The molecule has 186 valence electrons. The Hall–Kier alpha value is -2.59. The van der Waals surface area contributed by atoms with E-state index in [0.29, 0.717) is 22.4 Å². The van der Waals surface area contributed by atoms with Crippen LogP contribution in [0.4, 0.5) is 0 Å². The molecule has 0 aliphatic rings. The first-order chi connectivity index (χ1) is 15.7. The lowest BCUT2D eigenvalue weighted by atomic mass is 9.84. The van der Waals surface area contributed by atoms with E-state index in [1.54, 1.807) is 0 Å². The summed E-state index contributed by atoms with van der Waals surface area (Å²) in [6.07, 6.45) is -0.0527. The molecule has 0 bridgehead atoms. The molecule has 1 unspecified atom stereocenters. The molecule has 1 atom stereocenters. The standard InChI is InChI=1S/C27H37O6P/c1-16(2)15-34(30,25(28)23-17(3)11-19(12-18(23)4)27(5,6)7)26(29)24-21(32-9)13-20(31-8)14-22(24)33-10/h11-14,16H,15H2,1-10H3. The van der Waals surface area contributed by atoms with Gasteiger partial charge < -0.3 is 18.8 Å². The molecule has 0 N–H and O–H groups in total. The molecule has 0 aliphatic heterocycles. The number of carbonyl (C=O) groups is 2. The Kier molecular flexibility index (Phi) is 8.42. The highest BCUT2D eigenvalue weighted by molar-refractivity contribution is 7.95. The highest BCUT2D eigenvalue weighted by Gasteiger charge is 2.45. The number of benzene rings is 2. The quantitative estimate of drug-likeness (QED) is 0.369. The predicted octanol–water partition coefficient (Wildman–Crippen LogP) is 6.63. The second-order valence-electron chi connectivity index (χ2n) is 10.1. The Balaban J connectivity index is 2.77. The molecule has 2 aromatic carbocycles. The van der Waals surface area contributed by atoms with E-state index in [0.717, 1.165) is 5.56 Å². The lowest BCUT2D eigenvalue weighted by Crippen LogP contribution is -2.20. The molecule has 34 heavy (non-hydrogen) atoms. The number of aryl methyl sites for hydroxylation is 2. The van der Waals surface area contributed by atoms with Gasteiger partial charge in [0, 0.05) is 23.9 Å². The smallest absolute Gasteiger partial charge is 0.236 e. The molecule has 0 spiro atoms. The molecule has 0 heterocycles. The molecule has 6 nitrogen and oxygen atoms in total. The number of ether oxygens (including phenoxy) is 3. The molecule has 0 radical (unpaired) electrons. The second-order valence-corrected chi connectivity index (χ2v) is 12.7. The van der Waals surface area contributed by atoms with E-state index in [2.05, 4.69) is 20.8 Å². The van der Waals surface area contributed by atoms with Crippen molar-refractivity contribution in [1.29, 1.82) is 0 Å². The lowest BCUT2D eigenvalue weighted by Gasteiger charge is -2.25. The average molecular weight is 489 g/mol. The molecule has 7 heteroatoms. The topological polar surface area (TPSA) is 78.9 Å². The van der Waals surface area contributed by atoms with Crippen LogP contribution in [0.25, 0.3) is 0 Å². The molecular formula is C27H37O6P. The zero-order chi connectivity index (χ0) is 26.0. The van der Waals surface area contributed by atoms with Crippen molar-refractivity contribution >= 4 is 18.2 Å². The van der Waals surface area contributed by atoms with E-state index in [4.69, 9.17) is 14.2 Å². The third-order valence-corrected chi connectivity index (χ3v) is 8.82. The van der Waals surface area contributed by atoms with Crippen LogP contribution in [0.15, 0.2) is 24.3 Å². The van der Waals surface area contributed by atoms with Crippen LogP contribution >= 0.6 is 7.14 Å². The number of rotatable bonds is 9. The van der Waals surface area contributed by atoms with E-state index in [1.807, 2.05) is 39.8 Å². The summed E-state index contributed by atoms with van der Waals surface area (Å²) in [6.45, 7) is 13.6. The summed E-state index contributed by atoms with van der Waals surface area (Å²) in [6, 6.07) is 6.93. The zero-order valence-electron chi connectivity index (χ0n) is 22.0. The summed E-state index contributed by atoms with van der Waals surface area (Å²) in [5.41, 5.74) is 1.32. The highest BCUT2D eigenvalue weighted by atomic mass is 31.2. The molecular weight excluding hydrogens is 451 g/mol. The number of methoxy groups -OCH3 is 3.